The van der Waals surface area contributed by atoms with Crippen molar-refractivity contribution in [2.75, 3.05) is 19.6 Å². The SMILES string of the molecule is CCNC(=O)c1cc(-c2cn(-c3ccc(S(=O)(=O)NCC(=O)O)cc3)nn2)nc(-c2cn(-c3ccc(S(=O)(=O)NCC(=O)O)cc3)nn2)c1. The number of hydrogen-bond donors (Lipinski definition) is 5. The second kappa shape index (κ2) is 14.1. The Morgan fingerprint density at radius 1 is 0.673 bits per heavy atom. The smallest absolute Gasteiger partial charge is 0.318 e. The van der Waals surface area contributed by atoms with Gasteiger partial charge < -0.3 is 15.5 Å². The molecular formula is C28H26N10O9S2. The molecule has 0 spiro atoms. The van der Waals surface area contributed by atoms with Gasteiger partial charge in [0, 0.05) is 12.1 Å². The fraction of sp³-hybridized carbons (Fsp3) is 0.143. The van der Waals surface area contributed by atoms with Gasteiger partial charge >= 0.3 is 11.9 Å². The Morgan fingerprint density at radius 3 is 1.45 bits per heavy atom. The maximum Gasteiger partial charge on any atom is 0.318 e. The molecule has 0 saturated heterocycles. The quantitative estimate of drug-likeness (QED) is 0.102. The molecule has 5 N–H and O–H groups in total. The van der Waals surface area contributed by atoms with Crippen molar-refractivity contribution >= 4 is 37.9 Å². The Bertz CT molecular complexity index is 2100. The lowest BCUT2D eigenvalue weighted by atomic mass is 10.1. The van der Waals surface area contributed by atoms with Gasteiger partial charge in [0.2, 0.25) is 20.0 Å². The summed E-state index contributed by atoms with van der Waals surface area (Å²) >= 11 is 0. The maximum absolute atomic E-state index is 12.9. The first kappa shape index (κ1) is 34.4. The number of aliphatic carboxylic acids is 2. The zero-order chi connectivity index (χ0) is 35.3. The average molecular weight is 711 g/mol. The molecular weight excluding hydrogens is 685 g/mol. The highest BCUT2D eigenvalue weighted by atomic mass is 32.2. The van der Waals surface area contributed by atoms with Crippen LogP contribution in [0.5, 0.6) is 0 Å². The van der Waals surface area contributed by atoms with Crippen molar-refractivity contribution in [3.05, 3.63) is 78.6 Å². The van der Waals surface area contributed by atoms with Gasteiger partial charge in [-0.3, -0.25) is 14.4 Å². The minimum Gasteiger partial charge on any atom is -0.480 e. The van der Waals surface area contributed by atoms with Crippen LogP contribution >= 0.6 is 0 Å². The van der Waals surface area contributed by atoms with Crippen LogP contribution < -0.4 is 14.8 Å². The van der Waals surface area contributed by atoms with Gasteiger partial charge in [0.15, 0.2) is 0 Å². The van der Waals surface area contributed by atoms with Crippen molar-refractivity contribution in [2.45, 2.75) is 16.7 Å². The topological polar surface area (TPSA) is 270 Å². The highest BCUT2D eigenvalue weighted by molar-refractivity contribution is 7.89. The van der Waals surface area contributed by atoms with Crippen LogP contribution in [0.15, 0.2) is 82.8 Å². The van der Waals surface area contributed by atoms with Crippen LogP contribution in [-0.2, 0) is 29.6 Å². The number of carboxylic acids is 2. The van der Waals surface area contributed by atoms with Gasteiger partial charge in [-0.2, -0.15) is 9.44 Å². The lowest BCUT2D eigenvalue weighted by Crippen LogP contribution is -2.29. The summed E-state index contributed by atoms with van der Waals surface area (Å²) in [5.74, 6) is -3.06. The average Bonchev–Trinajstić information content (AvgIpc) is 3.78. The molecule has 0 saturated carbocycles. The number of aromatic nitrogens is 7. The molecule has 0 aliphatic carbocycles. The zero-order valence-corrected chi connectivity index (χ0v) is 26.9. The number of hydrogen-bond acceptors (Lipinski definition) is 12. The molecule has 2 aromatic carbocycles. The lowest BCUT2D eigenvalue weighted by Gasteiger charge is -2.07. The monoisotopic (exact) mass is 710 g/mol. The number of rotatable bonds is 14. The molecule has 5 rings (SSSR count). The van der Waals surface area contributed by atoms with Crippen LogP contribution in [0, 0.1) is 0 Å². The summed E-state index contributed by atoms with van der Waals surface area (Å²) < 4.78 is 56.0. The molecule has 3 aromatic heterocycles. The zero-order valence-electron chi connectivity index (χ0n) is 25.2. The molecule has 19 nitrogen and oxygen atoms in total. The minimum absolute atomic E-state index is 0.152. The molecule has 0 bridgehead atoms. The van der Waals surface area contributed by atoms with E-state index in [0.717, 1.165) is 0 Å². The van der Waals surface area contributed by atoms with E-state index in [0.29, 0.717) is 17.9 Å². The van der Waals surface area contributed by atoms with Crippen LogP contribution in [0.4, 0.5) is 0 Å². The number of carboxylic acid groups (broad SMARTS) is 2. The molecule has 0 radical (unpaired) electrons. The highest BCUT2D eigenvalue weighted by Gasteiger charge is 2.19. The van der Waals surface area contributed by atoms with Gasteiger partial charge in [0.1, 0.15) is 24.5 Å². The number of sulfonamides is 2. The summed E-state index contributed by atoms with van der Waals surface area (Å²) in [6, 6.07) is 13.9. The summed E-state index contributed by atoms with van der Waals surface area (Å²) in [6.07, 6.45) is 3.02. The summed E-state index contributed by atoms with van der Waals surface area (Å²) in [4.78, 5) is 38.7. The van der Waals surface area contributed by atoms with Crippen molar-refractivity contribution in [1.29, 1.82) is 0 Å². The molecule has 5 aromatic rings. The van der Waals surface area contributed by atoms with Gasteiger partial charge in [-0.05, 0) is 67.6 Å². The lowest BCUT2D eigenvalue weighted by molar-refractivity contribution is -0.136. The van der Waals surface area contributed by atoms with Crippen LogP contribution in [0.25, 0.3) is 34.2 Å². The number of pyridine rings is 1. The van der Waals surface area contributed by atoms with E-state index in [1.807, 2.05) is 9.44 Å². The Morgan fingerprint density at radius 2 is 1.08 bits per heavy atom. The molecule has 1 amide bonds. The molecule has 0 fully saturated rings. The first-order chi connectivity index (χ1) is 23.3. The van der Waals surface area contributed by atoms with Gasteiger partial charge in [-0.25, -0.2) is 31.2 Å². The maximum atomic E-state index is 12.9. The largest absolute Gasteiger partial charge is 0.480 e. The third kappa shape index (κ3) is 8.16. The van der Waals surface area contributed by atoms with E-state index >= 15 is 0 Å². The number of benzene rings is 2. The highest BCUT2D eigenvalue weighted by Crippen LogP contribution is 2.24. The third-order valence-corrected chi connectivity index (χ3v) is 9.42. The van der Waals surface area contributed by atoms with Gasteiger partial charge in [0.05, 0.1) is 44.9 Å². The fourth-order valence-corrected chi connectivity index (χ4v) is 6.19. The third-order valence-electron chi connectivity index (χ3n) is 6.59. The molecule has 49 heavy (non-hydrogen) atoms. The van der Waals surface area contributed by atoms with E-state index in [1.165, 1.54) is 82.4 Å². The predicted molar refractivity (Wildman–Crippen MR) is 169 cm³/mol. The predicted octanol–water partition coefficient (Wildman–Crippen LogP) is 0.0525. The number of carbonyl (C=O) groups is 3. The van der Waals surface area contributed by atoms with E-state index in [1.54, 1.807) is 6.92 Å². The number of nitrogens with one attached hydrogen (secondary N) is 3. The van der Waals surface area contributed by atoms with E-state index in [-0.39, 0.29) is 38.1 Å². The summed E-state index contributed by atoms with van der Waals surface area (Å²) in [5.41, 5.74) is 2.10. The second-order valence-corrected chi connectivity index (χ2v) is 13.5. The molecule has 0 atom stereocenters. The van der Waals surface area contributed by atoms with E-state index in [2.05, 4.69) is 30.9 Å². The van der Waals surface area contributed by atoms with Crippen LogP contribution in [-0.4, -0.2) is 99.5 Å². The number of carbonyl (C=O) groups excluding carboxylic acids is 1. The van der Waals surface area contributed by atoms with Crippen LogP contribution in [0.2, 0.25) is 0 Å². The second-order valence-electron chi connectivity index (χ2n) is 10.0. The standard InChI is InChI=1S/C28H26N10O9S2/c1-2-29-28(43)17-11-22(24-15-37(35-33-24)18-3-7-20(8-4-18)48(44,45)30-13-26(39)40)32-23(12-17)25-16-38(36-34-25)19-5-9-21(10-6-19)49(46,47)31-14-27(41)42/h3-12,15-16,30-31H,2,13-14H2,1H3,(H,29,43)(H,39,40)(H,41,42). The van der Waals surface area contributed by atoms with Gasteiger partial charge in [-0.1, -0.05) is 10.4 Å². The molecule has 0 aliphatic heterocycles. The normalized spacial score (nSPS) is 11.7. The molecule has 254 valence electrons. The van der Waals surface area contributed by atoms with Crippen molar-refractivity contribution in [3.8, 4) is 34.2 Å². The van der Waals surface area contributed by atoms with Crippen LogP contribution in [0.1, 0.15) is 17.3 Å². The first-order valence-corrected chi connectivity index (χ1v) is 17.0. The Labute approximate surface area is 277 Å². The van der Waals surface area contributed by atoms with Gasteiger partial charge in [-0.15, -0.1) is 10.2 Å². The van der Waals surface area contributed by atoms with Gasteiger partial charge in [0.25, 0.3) is 5.91 Å². The van der Waals surface area contributed by atoms with Crippen molar-refractivity contribution in [3.63, 3.8) is 0 Å². The molecule has 21 heteroatoms. The van der Waals surface area contributed by atoms with Crippen LogP contribution in [0.3, 0.4) is 0 Å². The Balaban J connectivity index is 1.42. The summed E-state index contributed by atoms with van der Waals surface area (Å²) in [5, 5.41) is 36.8. The fourth-order valence-electron chi connectivity index (χ4n) is 4.24. The molecule has 0 aliphatic rings. The van der Waals surface area contributed by atoms with Crippen molar-refractivity contribution < 1.29 is 41.4 Å². The Hall–Kier alpha value is -5.90. The van der Waals surface area contributed by atoms with E-state index < -0.39 is 51.0 Å². The number of amides is 1. The van der Waals surface area contributed by atoms with E-state index in [4.69, 9.17) is 10.2 Å². The van der Waals surface area contributed by atoms with Crippen molar-refractivity contribution in [1.82, 2.24) is 49.7 Å². The molecule has 0 unspecified atom stereocenters. The molecule has 3 heterocycles. The summed E-state index contributed by atoms with van der Waals surface area (Å²) in [7, 11) is -8.10. The first-order valence-electron chi connectivity index (χ1n) is 14.1. The van der Waals surface area contributed by atoms with E-state index in [9.17, 15) is 31.2 Å². The van der Waals surface area contributed by atoms with Crippen molar-refractivity contribution in [2.24, 2.45) is 0 Å². The summed E-state index contributed by atoms with van der Waals surface area (Å²) in [6.45, 7) is 0.571. The minimum atomic E-state index is -4.05. The Kier molecular flexibility index (Phi) is 9.89. The number of nitrogens with zero attached hydrogens (tertiary/aromatic N) is 7.